The van der Waals surface area contributed by atoms with Gasteiger partial charge in [0.2, 0.25) is 0 Å². The Morgan fingerprint density at radius 3 is 2.44 bits per heavy atom. The predicted octanol–water partition coefficient (Wildman–Crippen LogP) is 2.95. The molecule has 0 heterocycles. The van der Waals surface area contributed by atoms with Crippen molar-refractivity contribution in [1.29, 1.82) is 0 Å². The second-order valence-corrected chi connectivity index (χ2v) is 4.21. The Balaban J connectivity index is 2.92. The van der Waals surface area contributed by atoms with Crippen LogP contribution in [0.15, 0.2) is 24.3 Å². The molecule has 0 spiro atoms. The summed E-state index contributed by atoms with van der Waals surface area (Å²) in [5.41, 5.74) is 8.39. The van der Waals surface area contributed by atoms with Gasteiger partial charge in [-0.1, -0.05) is 25.1 Å². The topological polar surface area (TPSA) is 29.3 Å². The molecule has 0 aliphatic carbocycles. The predicted molar refractivity (Wildman–Crippen MR) is 71.9 cm³/mol. The molecule has 2 nitrogen and oxygen atoms in total. The number of nitrogens with zero attached hydrogens (tertiary/aromatic N) is 1. The molecule has 0 aliphatic rings. The van der Waals surface area contributed by atoms with E-state index >= 15 is 0 Å². The van der Waals surface area contributed by atoms with E-state index in [1.54, 1.807) is 0 Å². The smallest absolute Gasteiger partial charge is 0.0398 e. The lowest BCUT2D eigenvalue weighted by molar-refractivity contribution is 0.548. The number of benzene rings is 1. The maximum Gasteiger partial charge on any atom is 0.0398 e. The Kier molecular flexibility index (Phi) is 5.33. The number of nitrogens with two attached hydrogens (primary N) is 1. The number of aryl methyl sites for hydroxylation is 1. The van der Waals surface area contributed by atoms with Crippen LogP contribution in [0, 0.1) is 6.92 Å². The molecule has 1 aromatic rings. The Hall–Kier alpha value is -1.02. The van der Waals surface area contributed by atoms with Crippen molar-refractivity contribution in [3.05, 3.63) is 29.8 Å². The maximum absolute atomic E-state index is 5.69. The molecule has 1 atom stereocenters. The SMILES string of the molecule is CCC(CCN)N(CC)c1ccccc1C. The normalized spacial score (nSPS) is 12.5. The fourth-order valence-corrected chi connectivity index (χ4v) is 2.28. The van der Waals surface area contributed by atoms with Crippen LogP contribution in [0.4, 0.5) is 5.69 Å². The van der Waals surface area contributed by atoms with Crippen LogP contribution in [0.25, 0.3) is 0 Å². The highest BCUT2D eigenvalue weighted by molar-refractivity contribution is 5.53. The van der Waals surface area contributed by atoms with Crippen molar-refractivity contribution in [2.45, 2.75) is 39.7 Å². The minimum atomic E-state index is 0.566. The summed E-state index contributed by atoms with van der Waals surface area (Å²) < 4.78 is 0. The van der Waals surface area contributed by atoms with E-state index in [-0.39, 0.29) is 0 Å². The summed E-state index contributed by atoms with van der Waals surface area (Å²) in [6.07, 6.45) is 2.22. The highest BCUT2D eigenvalue weighted by Gasteiger charge is 2.15. The number of anilines is 1. The number of hydrogen-bond donors (Lipinski definition) is 1. The van der Waals surface area contributed by atoms with E-state index in [1.807, 2.05) is 0 Å². The van der Waals surface area contributed by atoms with Crippen molar-refractivity contribution in [3.8, 4) is 0 Å². The Labute approximate surface area is 99.5 Å². The lowest BCUT2D eigenvalue weighted by atomic mass is 10.1. The van der Waals surface area contributed by atoms with Gasteiger partial charge < -0.3 is 10.6 Å². The maximum atomic E-state index is 5.69. The fourth-order valence-electron chi connectivity index (χ4n) is 2.28. The van der Waals surface area contributed by atoms with Crippen LogP contribution < -0.4 is 10.6 Å². The van der Waals surface area contributed by atoms with Crippen LogP contribution >= 0.6 is 0 Å². The Morgan fingerprint density at radius 1 is 1.25 bits per heavy atom. The van der Waals surface area contributed by atoms with Crippen LogP contribution in [0.1, 0.15) is 32.3 Å². The summed E-state index contributed by atoms with van der Waals surface area (Å²) >= 11 is 0. The molecule has 0 fully saturated rings. The number of hydrogen-bond acceptors (Lipinski definition) is 2. The molecule has 90 valence electrons. The van der Waals surface area contributed by atoms with Crippen molar-refractivity contribution in [1.82, 2.24) is 0 Å². The standard InChI is InChI=1S/C14H24N2/c1-4-13(10-11-15)16(5-2)14-9-7-6-8-12(14)3/h6-9,13H,4-5,10-11,15H2,1-3H3. The zero-order valence-electron chi connectivity index (χ0n) is 10.7. The summed E-state index contributed by atoms with van der Waals surface area (Å²) in [4.78, 5) is 2.47. The summed E-state index contributed by atoms with van der Waals surface area (Å²) in [6, 6.07) is 9.15. The van der Waals surface area contributed by atoms with E-state index in [0.29, 0.717) is 6.04 Å². The third kappa shape index (κ3) is 2.99. The van der Waals surface area contributed by atoms with Gasteiger partial charge in [-0.25, -0.2) is 0 Å². The largest absolute Gasteiger partial charge is 0.369 e. The van der Waals surface area contributed by atoms with Gasteiger partial charge in [-0.05, 0) is 44.9 Å². The first kappa shape index (κ1) is 13.0. The Morgan fingerprint density at radius 2 is 1.94 bits per heavy atom. The highest BCUT2D eigenvalue weighted by atomic mass is 15.2. The molecular weight excluding hydrogens is 196 g/mol. The van der Waals surface area contributed by atoms with Crippen molar-refractivity contribution < 1.29 is 0 Å². The average molecular weight is 220 g/mol. The first-order valence-corrected chi connectivity index (χ1v) is 6.26. The highest BCUT2D eigenvalue weighted by Crippen LogP contribution is 2.23. The monoisotopic (exact) mass is 220 g/mol. The molecule has 0 amide bonds. The van der Waals surface area contributed by atoms with E-state index in [4.69, 9.17) is 5.73 Å². The fraction of sp³-hybridized carbons (Fsp3) is 0.571. The lowest BCUT2D eigenvalue weighted by Gasteiger charge is -2.33. The summed E-state index contributed by atoms with van der Waals surface area (Å²) in [7, 11) is 0. The molecule has 16 heavy (non-hydrogen) atoms. The minimum absolute atomic E-state index is 0.566. The third-order valence-electron chi connectivity index (χ3n) is 3.18. The van der Waals surface area contributed by atoms with Crippen molar-refractivity contribution in [2.75, 3.05) is 18.0 Å². The van der Waals surface area contributed by atoms with Gasteiger partial charge in [0.05, 0.1) is 0 Å². The van der Waals surface area contributed by atoms with E-state index in [9.17, 15) is 0 Å². The quantitative estimate of drug-likeness (QED) is 0.798. The van der Waals surface area contributed by atoms with E-state index < -0.39 is 0 Å². The van der Waals surface area contributed by atoms with E-state index in [2.05, 4.69) is 49.9 Å². The second-order valence-electron chi connectivity index (χ2n) is 4.21. The molecule has 0 saturated carbocycles. The first-order valence-electron chi connectivity index (χ1n) is 6.26. The molecule has 2 heteroatoms. The molecule has 1 unspecified atom stereocenters. The van der Waals surface area contributed by atoms with Crippen LogP contribution in [0.2, 0.25) is 0 Å². The van der Waals surface area contributed by atoms with Crippen molar-refractivity contribution in [2.24, 2.45) is 5.73 Å². The van der Waals surface area contributed by atoms with Crippen molar-refractivity contribution >= 4 is 5.69 Å². The molecule has 1 rings (SSSR count). The zero-order valence-corrected chi connectivity index (χ0v) is 10.7. The molecule has 0 radical (unpaired) electrons. The molecule has 0 bridgehead atoms. The molecule has 0 saturated heterocycles. The third-order valence-corrected chi connectivity index (χ3v) is 3.18. The lowest BCUT2D eigenvalue weighted by Crippen LogP contribution is -2.36. The second kappa shape index (κ2) is 6.54. The minimum Gasteiger partial charge on any atom is -0.369 e. The van der Waals surface area contributed by atoms with E-state index in [0.717, 1.165) is 25.9 Å². The molecule has 0 aliphatic heterocycles. The van der Waals surface area contributed by atoms with Crippen LogP contribution in [-0.4, -0.2) is 19.1 Å². The van der Waals surface area contributed by atoms with Gasteiger partial charge in [-0.2, -0.15) is 0 Å². The van der Waals surface area contributed by atoms with Gasteiger partial charge >= 0.3 is 0 Å². The van der Waals surface area contributed by atoms with E-state index in [1.165, 1.54) is 11.3 Å². The van der Waals surface area contributed by atoms with Crippen LogP contribution in [-0.2, 0) is 0 Å². The van der Waals surface area contributed by atoms with Gasteiger partial charge in [0.1, 0.15) is 0 Å². The van der Waals surface area contributed by atoms with Gasteiger partial charge in [0.15, 0.2) is 0 Å². The summed E-state index contributed by atoms with van der Waals surface area (Å²) in [5.74, 6) is 0. The average Bonchev–Trinajstić information content (AvgIpc) is 2.31. The van der Waals surface area contributed by atoms with Crippen LogP contribution in [0.5, 0.6) is 0 Å². The number of para-hydroxylation sites is 1. The van der Waals surface area contributed by atoms with Crippen molar-refractivity contribution in [3.63, 3.8) is 0 Å². The van der Waals surface area contributed by atoms with Gasteiger partial charge in [-0.3, -0.25) is 0 Å². The Bertz CT molecular complexity index is 309. The number of rotatable bonds is 6. The van der Waals surface area contributed by atoms with Crippen LogP contribution in [0.3, 0.4) is 0 Å². The molecule has 0 aromatic heterocycles. The molecule has 2 N–H and O–H groups in total. The summed E-state index contributed by atoms with van der Waals surface area (Å²) in [5, 5.41) is 0. The zero-order chi connectivity index (χ0) is 12.0. The molecular formula is C14H24N2. The molecule has 1 aromatic carbocycles. The first-order chi connectivity index (χ1) is 7.74. The van der Waals surface area contributed by atoms with Gasteiger partial charge in [-0.15, -0.1) is 0 Å². The van der Waals surface area contributed by atoms with Gasteiger partial charge in [0.25, 0.3) is 0 Å². The summed E-state index contributed by atoms with van der Waals surface area (Å²) in [6.45, 7) is 8.43. The van der Waals surface area contributed by atoms with Gasteiger partial charge in [0, 0.05) is 18.3 Å².